The zero-order chi connectivity index (χ0) is 20.2. The molecule has 6 nitrogen and oxygen atoms in total. The first kappa shape index (κ1) is 20.6. The van der Waals surface area contributed by atoms with Gasteiger partial charge in [0.05, 0.1) is 19.3 Å². The lowest BCUT2D eigenvalue weighted by atomic mass is 10.0. The van der Waals surface area contributed by atoms with Gasteiger partial charge < -0.3 is 24.4 Å². The molecule has 0 radical (unpaired) electrons. The van der Waals surface area contributed by atoms with Gasteiger partial charge in [0, 0.05) is 39.3 Å². The molecule has 1 N–H and O–H groups in total. The summed E-state index contributed by atoms with van der Waals surface area (Å²) in [6.07, 6.45) is 5.14. The summed E-state index contributed by atoms with van der Waals surface area (Å²) in [4.78, 5) is 15.3. The van der Waals surface area contributed by atoms with Crippen LogP contribution in [0.1, 0.15) is 62.1 Å². The van der Waals surface area contributed by atoms with Gasteiger partial charge in [0.2, 0.25) is 0 Å². The van der Waals surface area contributed by atoms with E-state index in [1.54, 1.807) is 7.11 Å². The summed E-state index contributed by atoms with van der Waals surface area (Å²) in [5, 5.41) is 3.28. The minimum Gasteiger partial charge on any atom is -0.493 e. The highest BCUT2D eigenvalue weighted by molar-refractivity contribution is 5.82. The van der Waals surface area contributed by atoms with Crippen LogP contribution in [0.5, 0.6) is 5.75 Å². The number of hydrogen-bond acceptors (Lipinski definition) is 5. The van der Waals surface area contributed by atoms with Crippen LogP contribution < -0.4 is 10.1 Å². The van der Waals surface area contributed by atoms with Crippen LogP contribution in [0.25, 0.3) is 0 Å². The molecule has 4 rings (SSSR count). The molecule has 0 unspecified atom stereocenters. The van der Waals surface area contributed by atoms with Gasteiger partial charge in [-0.15, -0.1) is 0 Å². The fraction of sp³-hybridized carbons (Fsp3) is 0.696. The van der Waals surface area contributed by atoms with Crippen molar-refractivity contribution in [2.45, 2.75) is 63.1 Å². The highest BCUT2D eigenvalue weighted by Crippen LogP contribution is 2.45. The number of nitrogens with zero attached hydrogens (tertiary/aromatic N) is 1. The fourth-order valence-corrected chi connectivity index (χ4v) is 4.14. The first-order valence-corrected chi connectivity index (χ1v) is 11.1. The van der Waals surface area contributed by atoms with Crippen LogP contribution in [-0.2, 0) is 14.3 Å². The molecule has 3 aliphatic rings. The van der Waals surface area contributed by atoms with Crippen molar-refractivity contribution in [3.05, 3.63) is 29.3 Å². The van der Waals surface area contributed by atoms with Crippen molar-refractivity contribution in [1.82, 2.24) is 10.2 Å². The first-order valence-electron chi connectivity index (χ1n) is 11.1. The lowest BCUT2D eigenvalue weighted by Crippen LogP contribution is -2.50. The van der Waals surface area contributed by atoms with Gasteiger partial charge in [-0.3, -0.25) is 4.79 Å². The molecule has 29 heavy (non-hydrogen) atoms. The summed E-state index contributed by atoms with van der Waals surface area (Å²) in [6, 6.07) is 6.90. The minimum absolute atomic E-state index is 0.00936. The monoisotopic (exact) mass is 402 g/mol. The van der Waals surface area contributed by atoms with Crippen molar-refractivity contribution in [1.29, 1.82) is 0 Å². The topological polar surface area (TPSA) is 60.0 Å². The van der Waals surface area contributed by atoms with E-state index in [0.717, 1.165) is 37.1 Å². The van der Waals surface area contributed by atoms with Crippen molar-refractivity contribution in [3.8, 4) is 5.75 Å². The van der Waals surface area contributed by atoms with E-state index < -0.39 is 0 Å². The first-order chi connectivity index (χ1) is 14.2. The Hall–Kier alpha value is -1.63. The van der Waals surface area contributed by atoms with E-state index >= 15 is 0 Å². The number of hydrogen-bond donors (Lipinski definition) is 1. The van der Waals surface area contributed by atoms with Gasteiger partial charge in [-0.2, -0.15) is 0 Å². The molecule has 1 aliphatic heterocycles. The molecule has 0 aromatic heterocycles. The molecule has 0 spiro atoms. The summed E-state index contributed by atoms with van der Waals surface area (Å²) in [7, 11) is 1.72. The van der Waals surface area contributed by atoms with Crippen LogP contribution in [0.3, 0.4) is 0 Å². The molecule has 2 saturated carbocycles. The standard InChI is InChI=1S/C23H34N2O4/c1-16(25(19-7-8-19)23(26)22-15-24-10-13-29-22)18-6-9-20(17-4-5-17)21(14-18)28-12-3-11-27-2/h6,9,14,16-17,19,22,24H,3-5,7-8,10-13,15H2,1-2H3/t16-,22-/m1/s1. The maximum absolute atomic E-state index is 13.2. The van der Waals surface area contributed by atoms with Gasteiger partial charge in [-0.05, 0) is 55.7 Å². The van der Waals surface area contributed by atoms with Crippen molar-refractivity contribution < 1.29 is 19.0 Å². The van der Waals surface area contributed by atoms with Gasteiger partial charge in [0.1, 0.15) is 11.9 Å². The number of nitrogens with one attached hydrogen (secondary N) is 1. The number of morpholine rings is 1. The normalized spacial score (nSPS) is 22.9. The third-order valence-corrected chi connectivity index (χ3v) is 6.10. The molecule has 2 aliphatic carbocycles. The highest BCUT2D eigenvalue weighted by Gasteiger charge is 2.40. The zero-order valence-corrected chi connectivity index (χ0v) is 17.7. The van der Waals surface area contributed by atoms with Gasteiger partial charge in [0.15, 0.2) is 0 Å². The second kappa shape index (κ2) is 9.45. The van der Waals surface area contributed by atoms with E-state index in [-0.39, 0.29) is 18.1 Å². The Bertz CT molecular complexity index is 696. The molecule has 1 heterocycles. The van der Waals surface area contributed by atoms with Crippen molar-refractivity contribution in [2.75, 3.05) is 40.0 Å². The summed E-state index contributed by atoms with van der Waals surface area (Å²) in [6.45, 7) is 5.50. The Morgan fingerprint density at radius 1 is 1.28 bits per heavy atom. The summed E-state index contributed by atoms with van der Waals surface area (Å²) < 4.78 is 17.0. The fourth-order valence-electron chi connectivity index (χ4n) is 4.14. The SMILES string of the molecule is COCCCOc1cc([C@@H](C)N(C(=O)[C@H]2CNCCO2)C2CC2)ccc1C1CC1. The number of benzene rings is 1. The summed E-state index contributed by atoms with van der Waals surface area (Å²) in [5.74, 6) is 1.72. The van der Waals surface area contributed by atoms with Crippen LogP contribution in [0.2, 0.25) is 0 Å². The van der Waals surface area contributed by atoms with Crippen LogP contribution in [0.4, 0.5) is 0 Å². The average Bonchev–Trinajstić information content (AvgIpc) is 3.65. The predicted octanol–water partition coefficient (Wildman–Crippen LogP) is 3.02. The lowest BCUT2D eigenvalue weighted by molar-refractivity contribution is -0.148. The lowest BCUT2D eigenvalue weighted by Gasteiger charge is -2.34. The number of methoxy groups -OCH3 is 1. The maximum atomic E-state index is 13.2. The van der Waals surface area contributed by atoms with Crippen LogP contribution >= 0.6 is 0 Å². The second-order valence-corrected chi connectivity index (χ2v) is 8.48. The van der Waals surface area contributed by atoms with Gasteiger partial charge >= 0.3 is 0 Å². The average molecular weight is 403 g/mol. The third kappa shape index (κ3) is 5.11. The Labute approximate surface area is 173 Å². The van der Waals surface area contributed by atoms with E-state index in [4.69, 9.17) is 14.2 Å². The Morgan fingerprint density at radius 3 is 2.76 bits per heavy atom. The van der Waals surface area contributed by atoms with Gasteiger partial charge in [-0.25, -0.2) is 0 Å². The zero-order valence-electron chi connectivity index (χ0n) is 17.7. The smallest absolute Gasteiger partial charge is 0.253 e. The number of rotatable bonds is 10. The molecule has 1 aromatic carbocycles. The number of amides is 1. The number of carbonyl (C=O) groups is 1. The predicted molar refractivity (Wildman–Crippen MR) is 111 cm³/mol. The van der Waals surface area contributed by atoms with Gasteiger partial charge in [-0.1, -0.05) is 12.1 Å². The summed E-state index contributed by atoms with van der Waals surface area (Å²) in [5.41, 5.74) is 2.45. The van der Waals surface area contributed by atoms with E-state index in [2.05, 4.69) is 35.3 Å². The number of carbonyl (C=O) groups excluding carboxylic acids is 1. The third-order valence-electron chi connectivity index (χ3n) is 6.10. The Kier molecular flexibility index (Phi) is 6.73. The summed E-state index contributed by atoms with van der Waals surface area (Å²) >= 11 is 0. The maximum Gasteiger partial charge on any atom is 0.253 e. The molecule has 3 fully saturated rings. The van der Waals surface area contributed by atoms with Crippen LogP contribution in [0, 0.1) is 0 Å². The van der Waals surface area contributed by atoms with E-state index in [1.807, 2.05) is 0 Å². The molecule has 1 aromatic rings. The van der Waals surface area contributed by atoms with E-state index in [9.17, 15) is 4.79 Å². The molecular formula is C23H34N2O4. The number of ether oxygens (including phenoxy) is 3. The minimum atomic E-state index is -0.373. The Morgan fingerprint density at radius 2 is 2.10 bits per heavy atom. The quantitative estimate of drug-likeness (QED) is 0.610. The van der Waals surface area contributed by atoms with E-state index in [1.165, 1.54) is 18.4 Å². The molecule has 0 bridgehead atoms. The van der Waals surface area contributed by atoms with Gasteiger partial charge in [0.25, 0.3) is 5.91 Å². The molecular weight excluding hydrogens is 368 g/mol. The van der Waals surface area contributed by atoms with E-state index in [0.29, 0.717) is 38.3 Å². The van der Waals surface area contributed by atoms with Crippen molar-refractivity contribution in [3.63, 3.8) is 0 Å². The molecule has 2 atom stereocenters. The molecule has 160 valence electrons. The van der Waals surface area contributed by atoms with Crippen molar-refractivity contribution in [2.24, 2.45) is 0 Å². The molecule has 1 amide bonds. The molecule has 1 saturated heterocycles. The molecule has 6 heteroatoms. The Balaban J connectivity index is 1.51. The van der Waals surface area contributed by atoms with Crippen molar-refractivity contribution >= 4 is 5.91 Å². The highest BCUT2D eigenvalue weighted by atomic mass is 16.5. The van der Waals surface area contributed by atoms with Crippen LogP contribution in [-0.4, -0.2) is 63.0 Å². The largest absolute Gasteiger partial charge is 0.493 e. The second-order valence-electron chi connectivity index (χ2n) is 8.48. The van der Waals surface area contributed by atoms with Crippen LogP contribution in [0.15, 0.2) is 18.2 Å².